The second-order valence-corrected chi connectivity index (χ2v) is 7.54. The van der Waals surface area contributed by atoms with Gasteiger partial charge in [-0.05, 0) is 43.6 Å². The van der Waals surface area contributed by atoms with Gasteiger partial charge in [0.1, 0.15) is 0 Å². The lowest BCUT2D eigenvalue weighted by Crippen LogP contribution is -2.54. The SMILES string of the molecule is CC(C)C(=O)N1CC(NCC2CCC2)CC(C(C)C)C1. The number of rotatable bonds is 5. The first-order valence-corrected chi connectivity index (χ1v) is 8.49. The van der Waals surface area contributed by atoms with E-state index in [0.29, 0.717) is 23.8 Å². The third-order valence-corrected chi connectivity index (χ3v) is 5.15. The van der Waals surface area contributed by atoms with Crippen LogP contribution in [0.25, 0.3) is 0 Å². The summed E-state index contributed by atoms with van der Waals surface area (Å²) in [5.74, 6) is 2.64. The molecule has 1 N–H and O–H groups in total. The van der Waals surface area contributed by atoms with E-state index in [1.54, 1.807) is 0 Å². The van der Waals surface area contributed by atoms with Crippen LogP contribution in [0.1, 0.15) is 53.4 Å². The Morgan fingerprint density at radius 1 is 1.20 bits per heavy atom. The van der Waals surface area contributed by atoms with Gasteiger partial charge < -0.3 is 10.2 Å². The van der Waals surface area contributed by atoms with Gasteiger partial charge in [-0.3, -0.25) is 4.79 Å². The molecule has 2 fully saturated rings. The number of carbonyl (C=O) groups is 1. The maximum absolute atomic E-state index is 12.3. The van der Waals surface area contributed by atoms with Crippen molar-refractivity contribution in [2.45, 2.75) is 59.4 Å². The quantitative estimate of drug-likeness (QED) is 0.840. The molecule has 1 heterocycles. The highest BCUT2D eigenvalue weighted by Crippen LogP contribution is 2.28. The molecule has 3 heteroatoms. The zero-order chi connectivity index (χ0) is 14.7. The van der Waals surface area contributed by atoms with E-state index >= 15 is 0 Å². The summed E-state index contributed by atoms with van der Waals surface area (Å²) in [6.45, 7) is 11.6. The van der Waals surface area contributed by atoms with E-state index in [2.05, 4.69) is 24.1 Å². The summed E-state index contributed by atoms with van der Waals surface area (Å²) in [5.41, 5.74) is 0. The van der Waals surface area contributed by atoms with Gasteiger partial charge in [-0.2, -0.15) is 0 Å². The van der Waals surface area contributed by atoms with E-state index in [0.717, 1.165) is 25.6 Å². The molecule has 2 atom stereocenters. The van der Waals surface area contributed by atoms with Gasteiger partial charge in [-0.15, -0.1) is 0 Å². The lowest BCUT2D eigenvalue weighted by molar-refractivity contribution is -0.137. The number of nitrogens with one attached hydrogen (secondary N) is 1. The van der Waals surface area contributed by atoms with E-state index in [1.807, 2.05) is 13.8 Å². The van der Waals surface area contributed by atoms with Gasteiger partial charge in [0.05, 0.1) is 0 Å². The molecule has 0 aromatic rings. The summed E-state index contributed by atoms with van der Waals surface area (Å²) in [7, 11) is 0. The van der Waals surface area contributed by atoms with E-state index in [4.69, 9.17) is 0 Å². The van der Waals surface area contributed by atoms with Gasteiger partial charge in [0.15, 0.2) is 0 Å². The summed E-state index contributed by atoms with van der Waals surface area (Å²) in [5, 5.41) is 3.74. The molecule has 0 spiro atoms. The number of amides is 1. The average Bonchev–Trinajstić information content (AvgIpc) is 2.35. The topological polar surface area (TPSA) is 32.3 Å². The van der Waals surface area contributed by atoms with Gasteiger partial charge in [0.25, 0.3) is 0 Å². The van der Waals surface area contributed by atoms with Gasteiger partial charge in [0, 0.05) is 25.0 Å². The average molecular weight is 280 g/mol. The van der Waals surface area contributed by atoms with Crippen LogP contribution in [0.15, 0.2) is 0 Å². The molecule has 116 valence electrons. The first kappa shape index (κ1) is 15.8. The Balaban J connectivity index is 1.90. The molecule has 20 heavy (non-hydrogen) atoms. The van der Waals surface area contributed by atoms with E-state index < -0.39 is 0 Å². The van der Waals surface area contributed by atoms with E-state index in [9.17, 15) is 4.79 Å². The minimum Gasteiger partial charge on any atom is -0.341 e. The maximum Gasteiger partial charge on any atom is 0.225 e. The van der Waals surface area contributed by atoms with Crippen molar-refractivity contribution < 1.29 is 4.79 Å². The third kappa shape index (κ3) is 3.97. The molecule has 2 rings (SSSR count). The number of likely N-dealkylation sites (tertiary alicyclic amines) is 1. The molecular weight excluding hydrogens is 248 g/mol. The lowest BCUT2D eigenvalue weighted by atomic mass is 9.83. The molecule has 2 aliphatic rings. The second-order valence-electron chi connectivity index (χ2n) is 7.54. The molecule has 3 nitrogen and oxygen atoms in total. The van der Waals surface area contributed by atoms with Crippen LogP contribution in [0.2, 0.25) is 0 Å². The minimum atomic E-state index is 0.119. The van der Waals surface area contributed by atoms with Crippen molar-refractivity contribution in [3.63, 3.8) is 0 Å². The summed E-state index contributed by atoms with van der Waals surface area (Å²) in [6, 6.07) is 0.499. The Morgan fingerprint density at radius 2 is 1.90 bits per heavy atom. The molecule has 1 aliphatic carbocycles. The number of piperidine rings is 1. The molecule has 1 amide bonds. The molecule has 0 bridgehead atoms. The zero-order valence-corrected chi connectivity index (χ0v) is 13.7. The molecule has 1 aliphatic heterocycles. The fraction of sp³-hybridized carbons (Fsp3) is 0.941. The molecule has 0 aromatic heterocycles. The third-order valence-electron chi connectivity index (χ3n) is 5.15. The van der Waals surface area contributed by atoms with Crippen LogP contribution in [0.4, 0.5) is 0 Å². The van der Waals surface area contributed by atoms with E-state index in [-0.39, 0.29) is 5.92 Å². The zero-order valence-electron chi connectivity index (χ0n) is 13.7. The number of nitrogens with zero attached hydrogens (tertiary/aromatic N) is 1. The van der Waals surface area contributed by atoms with Gasteiger partial charge in [-0.1, -0.05) is 34.1 Å². The fourth-order valence-corrected chi connectivity index (χ4v) is 3.34. The Morgan fingerprint density at radius 3 is 2.40 bits per heavy atom. The lowest BCUT2D eigenvalue weighted by Gasteiger charge is -2.41. The number of carbonyl (C=O) groups excluding carboxylic acids is 1. The van der Waals surface area contributed by atoms with Crippen LogP contribution in [-0.4, -0.2) is 36.5 Å². The van der Waals surface area contributed by atoms with Crippen LogP contribution in [0.3, 0.4) is 0 Å². The highest BCUT2D eigenvalue weighted by atomic mass is 16.2. The molecular formula is C17H32N2O. The standard InChI is InChI=1S/C17H32N2O/c1-12(2)15-8-16(18-9-14-6-5-7-14)11-19(10-15)17(20)13(3)4/h12-16,18H,5-11H2,1-4H3. The predicted molar refractivity (Wildman–Crippen MR) is 83.5 cm³/mol. The van der Waals surface area contributed by atoms with Crippen molar-refractivity contribution in [3.05, 3.63) is 0 Å². The van der Waals surface area contributed by atoms with Crippen LogP contribution in [0.5, 0.6) is 0 Å². The molecule has 0 aromatic carbocycles. The van der Waals surface area contributed by atoms with Gasteiger partial charge in [-0.25, -0.2) is 0 Å². The van der Waals surface area contributed by atoms with Crippen LogP contribution in [0, 0.1) is 23.7 Å². The highest BCUT2D eigenvalue weighted by molar-refractivity contribution is 5.78. The molecule has 0 radical (unpaired) electrons. The minimum absolute atomic E-state index is 0.119. The normalized spacial score (nSPS) is 28.0. The van der Waals surface area contributed by atoms with Crippen molar-refractivity contribution in [2.24, 2.45) is 23.7 Å². The van der Waals surface area contributed by atoms with Crippen molar-refractivity contribution in [3.8, 4) is 0 Å². The van der Waals surface area contributed by atoms with Crippen LogP contribution < -0.4 is 5.32 Å². The van der Waals surface area contributed by atoms with Crippen molar-refractivity contribution in [2.75, 3.05) is 19.6 Å². The first-order valence-electron chi connectivity index (χ1n) is 8.49. The van der Waals surface area contributed by atoms with Crippen molar-refractivity contribution in [1.82, 2.24) is 10.2 Å². The second kappa shape index (κ2) is 6.93. The monoisotopic (exact) mass is 280 g/mol. The summed E-state index contributed by atoms with van der Waals surface area (Å²) >= 11 is 0. The highest BCUT2D eigenvalue weighted by Gasteiger charge is 2.32. The van der Waals surface area contributed by atoms with E-state index in [1.165, 1.54) is 25.7 Å². The Labute approximate surface area is 124 Å². The van der Waals surface area contributed by atoms with Gasteiger partial charge >= 0.3 is 0 Å². The maximum atomic E-state index is 12.3. The fourth-order valence-electron chi connectivity index (χ4n) is 3.34. The molecule has 1 saturated heterocycles. The smallest absolute Gasteiger partial charge is 0.225 e. The number of hydrogen-bond acceptors (Lipinski definition) is 2. The largest absolute Gasteiger partial charge is 0.341 e. The Hall–Kier alpha value is -0.570. The summed E-state index contributed by atoms with van der Waals surface area (Å²) in [6.07, 6.45) is 5.42. The summed E-state index contributed by atoms with van der Waals surface area (Å²) in [4.78, 5) is 14.4. The Bertz CT molecular complexity index is 323. The summed E-state index contributed by atoms with van der Waals surface area (Å²) < 4.78 is 0. The molecule has 1 saturated carbocycles. The first-order chi connectivity index (χ1) is 9.47. The molecule has 2 unspecified atom stereocenters. The van der Waals surface area contributed by atoms with Crippen molar-refractivity contribution >= 4 is 5.91 Å². The van der Waals surface area contributed by atoms with Gasteiger partial charge in [0.2, 0.25) is 5.91 Å². The predicted octanol–water partition coefficient (Wildman–Crippen LogP) is 2.91. The number of hydrogen-bond donors (Lipinski definition) is 1. The van der Waals surface area contributed by atoms with Crippen molar-refractivity contribution in [1.29, 1.82) is 0 Å². The van der Waals surface area contributed by atoms with Crippen LogP contribution >= 0.6 is 0 Å². The van der Waals surface area contributed by atoms with Crippen LogP contribution in [-0.2, 0) is 4.79 Å². The Kier molecular flexibility index (Phi) is 5.48.